The van der Waals surface area contributed by atoms with Gasteiger partial charge in [0.2, 0.25) is 0 Å². The van der Waals surface area contributed by atoms with Gasteiger partial charge in [-0.15, -0.1) is 0 Å². The molecular weight excluding hydrogens is 416 g/mol. The third-order valence-corrected chi connectivity index (χ3v) is 5.95. The molecule has 7 heteroatoms. The van der Waals surface area contributed by atoms with Crippen LogP contribution in [0.25, 0.3) is 0 Å². The number of amides is 2. The van der Waals surface area contributed by atoms with Crippen molar-refractivity contribution in [3.05, 3.63) is 90.0 Å². The van der Waals surface area contributed by atoms with E-state index in [0.29, 0.717) is 29.9 Å². The molecule has 1 fully saturated rings. The molecule has 0 atom stereocenters. The van der Waals surface area contributed by atoms with Crippen LogP contribution in [0.2, 0.25) is 0 Å². The Hall–Kier alpha value is -3.84. The number of benzene rings is 3. The van der Waals surface area contributed by atoms with Crippen LogP contribution < -0.4 is 15.5 Å². The molecule has 33 heavy (non-hydrogen) atoms. The highest BCUT2D eigenvalue weighted by atomic mass is 16.3. The van der Waals surface area contributed by atoms with E-state index in [9.17, 15) is 14.7 Å². The average Bonchev–Trinajstić information content (AvgIpc) is 2.85. The van der Waals surface area contributed by atoms with Gasteiger partial charge in [0.15, 0.2) is 0 Å². The van der Waals surface area contributed by atoms with Crippen LogP contribution in [0, 0.1) is 0 Å². The molecule has 2 amide bonds. The summed E-state index contributed by atoms with van der Waals surface area (Å²) < 4.78 is 0. The van der Waals surface area contributed by atoms with Crippen LogP contribution in [0.15, 0.2) is 78.9 Å². The van der Waals surface area contributed by atoms with Gasteiger partial charge in [0.1, 0.15) is 5.75 Å². The Morgan fingerprint density at radius 1 is 0.848 bits per heavy atom. The second-order valence-electron chi connectivity index (χ2n) is 8.05. The van der Waals surface area contributed by atoms with Gasteiger partial charge in [-0.25, -0.2) is 0 Å². The maximum atomic E-state index is 13.4. The first-order valence-corrected chi connectivity index (χ1v) is 11.0. The molecule has 0 aliphatic carbocycles. The Bertz CT molecular complexity index is 1090. The lowest BCUT2D eigenvalue weighted by atomic mass is 10.1. The summed E-state index contributed by atoms with van der Waals surface area (Å²) in [5.74, 6) is -0.732. The number of nitrogens with two attached hydrogens (primary N) is 1. The van der Waals surface area contributed by atoms with E-state index < -0.39 is 5.91 Å². The van der Waals surface area contributed by atoms with Crippen molar-refractivity contribution in [2.75, 3.05) is 49.1 Å². The number of para-hydroxylation sites is 2. The molecular formula is C26H28N4O3. The number of hydrogen-bond donors (Lipinski definition) is 2. The number of phenolic OH excluding ortho intramolecular Hbond substituents is 1. The van der Waals surface area contributed by atoms with E-state index in [1.165, 1.54) is 17.8 Å². The van der Waals surface area contributed by atoms with Crippen LogP contribution in [-0.2, 0) is 0 Å². The summed E-state index contributed by atoms with van der Waals surface area (Å²) in [7, 11) is 0. The summed E-state index contributed by atoms with van der Waals surface area (Å²) in [4.78, 5) is 31.7. The van der Waals surface area contributed by atoms with Crippen LogP contribution in [0.1, 0.15) is 20.7 Å². The number of carbonyl (C=O) groups excluding carboxylic acids is 2. The zero-order valence-electron chi connectivity index (χ0n) is 18.4. The molecule has 3 aromatic rings. The van der Waals surface area contributed by atoms with Gasteiger partial charge in [-0.1, -0.05) is 30.3 Å². The van der Waals surface area contributed by atoms with Gasteiger partial charge in [0, 0.05) is 50.5 Å². The average molecular weight is 445 g/mol. The number of anilines is 2. The molecule has 3 aromatic carbocycles. The molecule has 1 saturated heterocycles. The second-order valence-corrected chi connectivity index (χ2v) is 8.05. The fourth-order valence-corrected chi connectivity index (χ4v) is 4.12. The van der Waals surface area contributed by atoms with Crippen molar-refractivity contribution in [3.8, 4) is 5.75 Å². The first-order valence-electron chi connectivity index (χ1n) is 11.0. The summed E-state index contributed by atoms with van der Waals surface area (Å²) in [5.41, 5.74) is 8.04. The van der Waals surface area contributed by atoms with Crippen LogP contribution in [0.3, 0.4) is 0 Å². The molecule has 3 N–H and O–H groups in total. The van der Waals surface area contributed by atoms with Crippen molar-refractivity contribution in [2.24, 2.45) is 5.73 Å². The van der Waals surface area contributed by atoms with E-state index in [-0.39, 0.29) is 11.7 Å². The van der Waals surface area contributed by atoms with E-state index in [4.69, 9.17) is 5.73 Å². The standard InChI is InChI=1S/C26H28N4O3/c27-25(32)23-8-4-5-9-24(23)30(26(33)20-10-12-22(31)13-11-20)19-16-28-14-17-29(18-15-28)21-6-2-1-3-7-21/h1-13,31H,14-19H2,(H2,27,32). The predicted octanol–water partition coefficient (Wildman–Crippen LogP) is 2.96. The monoisotopic (exact) mass is 444 g/mol. The lowest BCUT2D eigenvalue weighted by molar-refractivity contribution is 0.0982. The Morgan fingerprint density at radius 3 is 2.15 bits per heavy atom. The van der Waals surface area contributed by atoms with Gasteiger partial charge in [-0.3, -0.25) is 14.5 Å². The third kappa shape index (κ3) is 5.32. The number of carbonyl (C=O) groups is 2. The number of piperazine rings is 1. The van der Waals surface area contributed by atoms with Gasteiger partial charge in [0.05, 0.1) is 11.3 Å². The second kappa shape index (κ2) is 10.2. The van der Waals surface area contributed by atoms with E-state index in [1.807, 2.05) is 18.2 Å². The molecule has 7 nitrogen and oxygen atoms in total. The van der Waals surface area contributed by atoms with Crippen LogP contribution >= 0.6 is 0 Å². The Morgan fingerprint density at radius 2 is 1.48 bits per heavy atom. The molecule has 0 unspecified atom stereocenters. The highest BCUT2D eigenvalue weighted by Crippen LogP contribution is 2.23. The molecule has 1 aliphatic heterocycles. The summed E-state index contributed by atoms with van der Waals surface area (Å²) in [5, 5.41) is 9.59. The first kappa shape index (κ1) is 22.4. The topological polar surface area (TPSA) is 90.1 Å². The number of aromatic hydroxyl groups is 1. The number of hydrogen-bond acceptors (Lipinski definition) is 5. The quantitative estimate of drug-likeness (QED) is 0.585. The summed E-state index contributed by atoms with van der Waals surface area (Å²) in [6.07, 6.45) is 0. The number of rotatable bonds is 7. The van der Waals surface area contributed by atoms with Crippen LogP contribution in [0.5, 0.6) is 5.75 Å². The zero-order valence-corrected chi connectivity index (χ0v) is 18.4. The molecule has 0 radical (unpaired) electrons. The Balaban J connectivity index is 1.49. The lowest BCUT2D eigenvalue weighted by Crippen LogP contribution is -2.49. The maximum Gasteiger partial charge on any atom is 0.258 e. The maximum absolute atomic E-state index is 13.4. The van der Waals surface area contributed by atoms with Crippen molar-refractivity contribution in [3.63, 3.8) is 0 Å². The van der Waals surface area contributed by atoms with Crippen LogP contribution in [0.4, 0.5) is 11.4 Å². The van der Waals surface area contributed by atoms with Crippen molar-refractivity contribution in [1.82, 2.24) is 4.90 Å². The number of phenols is 1. The minimum absolute atomic E-state index is 0.0897. The predicted molar refractivity (Wildman–Crippen MR) is 130 cm³/mol. The van der Waals surface area contributed by atoms with Crippen molar-refractivity contribution < 1.29 is 14.7 Å². The molecule has 170 valence electrons. The lowest BCUT2D eigenvalue weighted by Gasteiger charge is -2.37. The Kier molecular flexibility index (Phi) is 6.90. The molecule has 0 bridgehead atoms. The molecule has 0 spiro atoms. The largest absolute Gasteiger partial charge is 0.508 e. The summed E-state index contributed by atoms with van der Waals surface area (Å²) in [6.45, 7) is 4.66. The van der Waals surface area contributed by atoms with Gasteiger partial charge >= 0.3 is 0 Å². The van der Waals surface area contributed by atoms with Gasteiger partial charge in [-0.2, -0.15) is 0 Å². The minimum atomic E-state index is -0.578. The fourth-order valence-electron chi connectivity index (χ4n) is 4.12. The van der Waals surface area contributed by atoms with E-state index in [2.05, 4.69) is 21.9 Å². The molecule has 0 aromatic heterocycles. The van der Waals surface area contributed by atoms with E-state index in [0.717, 1.165) is 26.2 Å². The SMILES string of the molecule is NC(=O)c1ccccc1N(CCN1CCN(c2ccccc2)CC1)C(=O)c1ccc(O)cc1. The van der Waals surface area contributed by atoms with Crippen molar-refractivity contribution in [2.45, 2.75) is 0 Å². The van der Waals surface area contributed by atoms with Crippen molar-refractivity contribution >= 4 is 23.2 Å². The molecule has 1 aliphatic rings. The molecule has 0 saturated carbocycles. The summed E-state index contributed by atoms with van der Waals surface area (Å²) in [6, 6.07) is 23.4. The van der Waals surface area contributed by atoms with Crippen LogP contribution in [-0.4, -0.2) is 61.1 Å². The normalized spacial score (nSPS) is 14.1. The first-order chi connectivity index (χ1) is 16.0. The third-order valence-electron chi connectivity index (χ3n) is 5.95. The smallest absolute Gasteiger partial charge is 0.258 e. The number of primary amides is 1. The van der Waals surface area contributed by atoms with E-state index in [1.54, 1.807) is 41.3 Å². The number of nitrogens with zero attached hydrogens (tertiary/aromatic N) is 3. The minimum Gasteiger partial charge on any atom is -0.508 e. The summed E-state index contributed by atoms with van der Waals surface area (Å²) >= 11 is 0. The highest BCUT2D eigenvalue weighted by Gasteiger charge is 2.24. The van der Waals surface area contributed by atoms with Crippen molar-refractivity contribution in [1.29, 1.82) is 0 Å². The van der Waals surface area contributed by atoms with Gasteiger partial charge in [0.25, 0.3) is 11.8 Å². The molecule has 4 rings (SSSR count). The van der Waals surface area contributed by atoms with E-state index >= 15 is 0 Å². The van der Waals surface area contributed by atoms with Gasteiger partial charge in [-0.05, 0) is 48.5 Å². The fraction of sp³-hybridized carbons (Fsp3) is 0.231. The highest BCUT2D eigenvalue weighted by molar-refractivity contribution is 6.10. The van der Waals surface area contributed by atoms with Gasteiger partial charge < -0.3 is 20.6 Å². The molecule has 1 heterocycles. The zero-order chi connectivity index (χ0) is 23.2. The Labute approximate surface area is 193 Å².